The molecule has 1 aliphatic rings. The van der Waals surface area contributed by atoms with Crippen LogP contribution in [0.25, 0.3) is 0 Å². The summed E-state index contributed by atoms with van der Waals surface area (Å²) in [4.78, 5) is 0. The molecular formula is C8H13Y-. The van der Waals surface area contributed by atoms with Crippen LogP contribution in [0.5, 0.6) is 0 Å². The van der Waals surface area contributed by atoms with Gasteiger partial charge >= 0.3 is 0 Å². The van der Waals surface area contributed by atoms with Crippen LogP contribution in [-0.2, 0) is 32.7 Å². The van der Waals surface area contributed by atoms with Crippen molar-refractivity contribution in [2.45, 2.75) is 32.6 Å². The monoisotopic (exact) mass is 198 g/mol. The first kappa shape index (κ1) is 9.71. The van der Waals surface area contributed by atoms with Crippen molar-refractivity contribution >= 4 is 0 Å². The maximum Gasteiger partial charge on any atom is 0 e. The molecule has 1 saturated carbocycles. The molecule has 0 bridgehead atoms. The summed E-state index contributed by atoms with van der Waals surface area (Å²) in [6.07, 6.45) is 5.41. The van der Waals surface area contributed by atoms with E-state index in [0.29, 0.717) is 0 Å². The molecule has 0 amide bonds. The van der Waals surface area contributed by atoms with Crippen molar-refractivity contribution in [3.05, 3.63) is 18.1 Å². The topological polar surface area (TPSA) is 0 Å². The summed E-state index contributed by atoms with van der Waals surface area (Å²) in [5.41, 5.74) is 1.31. The maximum absolute atomic E-state index is 3.90. The molecule has 0 saturated heterocycles. The fourth-order valence-electron chi connectivity index (χ4n) is 1.23. The molecule has 0 aromatic carbocycles. The molecule has 0 aromatic heterocycles. The third-order valence-corrected chi connectivity index (χ3v) is 1.81. The van der Waals surface area contributed by atoms with Gasteiger partial charge in [-0.3, -0.25) is 0 Å². The number of hydrogen-bond donors (Lipinski definition) is 0. The van der Waals surface area contributed by atoms with Gasteiger partial charge in [0.15, 0.2) is 0 Å². The average Bonchev–Trinajstić information content (AvgIpc) is 2.12. The number of rotatable bonds is 1. The number of allylic oxidation sites excluding steroid dienone is 1. The van der Waals surface area contributed by atoms with Crippen LogP contribution in [0.1, 0.15) is 32.6 Å². The van der Waals surface area contributed by atoms with Gasteiger partial charge in [0, 0.05) is 32.7 Å². The maximum atomic E-state index is 3.90. The van der Waals surface area contributed by atoms with Crippen molar-refractivity contribution in [2.75, 3.05) is 0 Å². The van der Waals surface area contributed by atoms with E-state index in [2.05, 4.69) is 13.5 Å². The van der Waals surface area contributed by atoms with Gasteiger partial charge in [-0.05, 0) is 0 Å². The Morgan fingerprint density at radius 3 is 2.00 bits per heavy atom. The molecular weight excluding hydrogens is 185 g/mol. The first-order valence-corrected chi connectivity index (χ1v) is 3.31. The minimum Gasteiger partial charge on any atom is -0.242 e. The van der Waals surface area contributed by atoms with Crippen LogP contribution >= 0.6 is 0 Å². The van der Waals surface area contributed by atoms with Gasteiger partial charge in [-0.25, -0.2) is 18.1 Å². The zero-order valence-electron chi connectivity index (χ0n) is 6.11. The van der Waals surface area contributed by atoms with Crippen LogP contribution in [0.15, 0.2) is 12.2 Å². The summed E-state index contributed by atoms with van der Waals surface area (Å²) in [6, 6.07) is 0. The van der Waals surface area contributed by atoms with E-state index in [0.717, 1.165) is 0 Å². The van der Waals surface area contributed by atoms with E-state index in [4.69, 9.17) is 0 Å². The van der Waals surface area contributed by atoms with E-state index in [1.54, 1.807) is 5.92 Å². The second-order valence-corrected chi connectivity index (χ2v) is 2.59. The Morgan fingerprint density at radius 1 is 1.33 bits per heavy atom. The van der Waals surface area contributed by atoms with Crippen LogP contribution in [0.4, 0.5) is 0 Å². The SMILES string of the molecule is C=C(C)[C-]1CCCC1.[Y]. The molecule has 0 aromatic rings. The molecule has 0 nitrogen and oxygen atoms in total. The second-order valence-electron chi connectivity index (χ2n) is 2.59. The minimum atomic E-state index is 0. The van der Waals surface area contributed by atoms with Crippen molar-refractivity contribution in [1.82, 2.24) is 0 Å². The first-order chi connectivity index (χ1) is 3.80. The Hall–Kier alpha value is 0.714. The van der Waals surface area contributed by atoms with Gasteiger partial charge in [-0.1, -0.05) is 32.6 Å². The molecule has 1 rings (SSSR count). The fourth-order valence-corrected chi connectivity index (χ4v) is 1.23. The Labute approximate surface area is 83.0 Å². The predicted molar refractivity (Wildman–Crippen MR) is 36.5 cm³/mol. The van der Waals surface area contributed by atoms with E-state index in [1.807, 2.05) is 0 Å². The summed E-state index contributed by atoms with van der Waals surface area (Å²) in [6.45, 7) is 6.01. The van der Waals surface area contributed by atoms with Crippen LogP contribution < -0.4 is 0 Å². The first-order valence-electron chi connectivity index (χ1n) is 3.31. The molecule has 49 valence electrons. The predicted octanol–water partition coefficient (Wildman–Crippen LogP) is 2.71. The molecule has 0 unspecified atom stereocenters. The standard InChI is InChI=1S/C8H13.Y/c1-7(2)8-5-3-4-6-8;/h1,3-6H2,2H3;/q-1;. The van der Waals surface area contributed by atoms with Crippen LogP contribution in [-0.4, -0.2) is 0 Å². The third kappa shape index (κ3) is 2.86. The average molecular weight is 198 g/mol. The van der Waals surface area contributed by atoms with Crippen LogP contribution in [0.2, 0.25) is 0 Å². The van der Waals surface area contributed by atoms with Gasteiger partial charge < -0.3 is 0 Å². The van der Waals surface area contributed by atoms with E-state index in [1.165, 1.54) is 31.3 Å². The van der Waals surface area contributed by atoms with E-state index in [9.17, 15) is 0 Å². The van der Waals surface area contributed by atoms with E-state index in [-0.39, 0.29) is 32.7 Å². The summed E-state index contributed by atoms with van der Waals surface area (Å²) >= 11 is 0. The molecule has 1 heteroatoms. The molecule has 0 aliphatic heterocycles. The van der Waals surface area contributed by atoms with Gasteiger partial charge in [0.1, 0.15) is 0 Å². The molecule has 1 aliphatic carbocycles. The Bertz CT molecular complexity index is 90.7. The van der Waals surface area contributed by atoms with E-state index < -0.39 is 0 Å². The van der Waals surface area contributed by atoms with Crippen molar-refractivity contribution < 1.29 is 32.7 Å². The summed E-state index contributed by atoms with van der Waals surface area (Å²) in [5.74, 6) is 1.60. The van der Waals surface area contributed by atoms with Crippen LogP contribution in [0, 0.1) is 5.92 Å². The molecule has 0 atom stereocenters. The Balaban J connectivity index is 0.000000640. The van der Waals surface area contributed by atoms with Gasteiger partial charge in [0.25, 0.3) is 0 Å². The van der Waals surface area contributed by atoms with Gasteiger partial charge in [-0.2, -0.15) is 0 Å². The van der Waals surface area contributed by atoms with Crippen molar-refractivity contribution in [2.24, 2.45) is 0 Å². The van der Waals surface area contributed by atoms with Crippen molar-refractivity contribution in [3.8, 4) is 0 Å². The van der Waals surface area contributed by atoms with Gasteiger partial charge in [0.05, 0.1) is 0 Å². The molecule has 1 radical (unpaired) electrons. The molecule has 0 spiro atoms. The molecule has 9 heavy (non-hydrogen) atoms. The molecule has 1 fully saturated rings. The Kier molecular flexibility index (Phi) is 4.88. The third-order valence-electron chi connectivity index (χ3n) is 1.81. The Morgan fingerprint density at radius 2 is 1.78 bits per heavy atom. The fraction of sp³-hybridized carbons (Fsp3) is 0.625. The second kappa shape index (κ2) is 4.52. The van der Waals surface area contributed by atoms with Gasteiger partial charge in [0.2, 0.25) is 0 Å². The number of hydrogen-bond acceptors (Lipinski definition) is 0. The van der Waals surface area contributed by atoms with E-state index >= 15 is 0 Å². The zero-order chi connectivity index (χ0) is 5.98. The largest absolute Gasteiger partial charge is 0.242 e. The minimum absolute atomic E-state index is 0. The summed E-state index contributed by atoms with van der Waals surface area (Å²) < 4.78 is 0. The summed E-state index contributed by atoms with van der Waals surface area (Å²) in [5, 5.41) is 0. The summed E-state index contributed by atoms with van der Waals surface area (Å²) in [7, 11) is 0. The smallest absolute Gasteiger partial charge is 0 e. The quantitative estimate of drug-likeness (QED) is 0.568. The van der Waals surface area contributed by atoms with Crippen molar-refractivity contribution in [3.63, 3.8) is 0 Å². The zero-order valence-corrected chi connectivity index (χ0v) is 8.95. The molecule has 0 N–H and O–H groups in total. The van der Waals surface area contributed by atoms with Gasteiger partial charge in [-0.15, -0.1) is 0 Å². The van der Waals surface area contributed by atoms with Crippen molar-refractivity contribution in [1.29, 1.82) is 0 Å². The molecule has 0 heterocycles. The normalized spacial score (nSPS) is 17.2. The van der Waals surface area contributed by atoms with Crippen LogP contribution in [0.3, 0.4) is 0 Å².